The van der Waals surface area contributed by atoms with E-state index in [9.17, 15) is 14.6 Å². The lowest BCUT2D eigenvalue weighted by molar-refractivity contribution is 0.0286. The fourth-order valence-electron chi connectivity index (χ4n) is 2.63. The van der Waals surface area contributed by atoms with E-state index in [0.29, 0.717) is 12.0 Å². The Morgan fingerprint density at radius 2 is 2.16 bits per heavy atom. The topological polar surface area (TPSA) is 43.7 Å². The number of halogens is 1. The first-order chi connectivity index (χ1) is 9.08. The molecule has 0 bridgehead atoms. The number of rotatable bonds is 4. The van der Waals surface area contributed by atoms with Gasteiger partial charge in [-0.3, -0.25) is 0 Å². The van der Waals surface area contributed by atoms with E-state index in [-0.39, 0.29) is 17.8 Å². The number of aliphatic hydroxyl groups excluding tert-OH is 2. The largest absolute Gasteiger partial charge is 0.393 e. The molecule has 0 radical (unpaired) electrons. The van der Waals surface area contributed by atoms with Crippen LogP contribution >= 0.6 is 0 Å². The van der Waals surface area contributed by atoms with Gasteiger partial charge in [-0.25, -0.2) is 4.39 Å². The SMILES string of the molecule is CC1CN(CCC(O)c2ccccc2F)CCC1O. The zero-order valence-electron chi connectivity index (χ0n) is 11.3. The highest BCUT2D eigenvalue weighted by Crippen LogP contribution is 2.22. The highest BCUT2D eigenvalue weighted by Gasteiger charge is 2.24. The first-order valence-electron chi connectivity index (χ1n) is 6.91. The maximum absolute atomic E-state index is 13.5. The molecule has 0 amide bonds. The lowest BCUT2D eigenvalue weighted by Crippen LogP contribution is -2.42. The molecule has 1 fully saturated rings. The molecule has 3 nitrogen and oxygen atoms in total. The van der Waals surface area contributed by atoms with Crippen LogP contribution in [0.25, 0.3) is 0 Å². The van der Waals surface area contributed by atoms with Crippen LogP contribution in [0.1, 0.15) is 31.4 Å². The first-order valence-corrected chi connectivity index (χ1v) is 6.91. The first kappa shape index (κ1) is 14.4. The average molecular weight is 267 g/mol. The summed E-state index contributed by atoms with van der Waals surface area (Å²) >= 11 is 0. The van der Waals surface area contributed by atoms with Crippen LogP contribution in [0.5, 0.6) is 0 Å². The van der Waals surface area contributed by atoms with E-state index < -0.39 is 6.10 Å². The van der Waals surface area contributed by atoms with Crippen LogP contribution in [0.15, 0.2) is 24.3 Å². The van der Waals surface area contributed by atoms with Gasteiger partial charge in [0, 0.05) is 25.2 Å². The Morgan fingerprint density at radius 1 is 1.42 bits per heavy atom. The Labute approximate surface area is 113 Å². The predicted octanol–water partition coefficient (Wildman–Crippen LogP) is 1.95. The second-order valence-electron chi connectivity index (χ2n) is 5.46. The van der Waals surface area contributed by atoms with E-state index in [4.69, 9.17) is 0 Å². The van der Waals surface area contributed by atoms with Gasteiger partial charge in [0.1, 0.15) is 5.82 Å². The number of hydrogen-bond donors (Lipinski definition) is 2. The van der Waals surface area contributed by atoms with Crippen LogP contribution in [0.2, 0.25) is 0 Å². The van der Waals surface area contributed by atoms with E-state index in [0.717, 1.165) is 26.1 Å². The number of piperidine rings is 1. The van der Waals surface area contributed by atoms with Crippen molar-refractivity contribution >= 4 is 0 Å². The fourth-order valence-corrected chi connectivity index (χ4v) is 2.63. The summed E-state index contributed by atoms with van der Waals surface area (Å²) in [7, 11) is 0. The third-order valence-electron chi connectivity index (χ3n) is 3.93. The Bertz CT molecular complexity index is 413. The van der Waals surface area contributed by atoms with Crippen LogP contribution in [-0.4, -0.2) is 40.9 Å². The lowest BCUT2D eigenvalue weighted by atomic mass is 9.96. The molecule has 2 N–H and O–H groups in total. The summed E-state index contributed by atoms with van der Waals surface area (Å²) in [6.07, 6.45) is 0.317. The van der Waals surface area contributed by atoms with Gasteiger partial charge in [-0.1, -0.05) is 25.1 Å². The highest BCUT2D eigenvalue weighted by atomic mass is 19.1. The summed E-state index contributed by atoms with van der Waals surface area (Å²) < 4.78 is 13.5. The minimum atomic E-state index is -0.761. The molecule has 1 aromatic rings. The molecule has 0 saturated carbocycles. The van der Waals surface area contributed by atoms with Crippen molar-refractivity contribution in [3.8, 4) is 0 Å². The van der Waals surface area contributed by atoms with E-state index >= 15 is 0 Å². The molecule has 3 unspecified atom stereocenters. The Kier molecular flexibility index (Phi) is 4.91. The average Bonchev–Trinajstić information content (AvgIpc) is 2.40. The molecule has 0 spiro atoms. The van der Waals surface area contributed by atoms with Gasteiger partial charge in [-0.05, 0) is 24.8 Å². The molecule has 1 aromatic carbocycles. The molecule has 106 valence electrons. The zero-order chi connectivity index (χ0) is 13.8. The summed E-state index contributed by atoms with van der Waals surface area (Å²) in [5.41, 5.74) is 0.368. The third-order valence-corrected chi connectivity index (χ3v) is 3.93. The van der Waals surface area contributed by atoms with Crippen molar-refractivity contribution < 1.29 is 14.6 Å². The van der Waals surface area contributed by atoms with Gasteiger partial charge in [-0.15, -0.1) is 0 Å². The summed E-state index contributed by atoms with van der Waals surface area (Å²) in [5.74, 6) is -0.0863. The summed E-state index contributed by atoms with van der Waals surface area (Å²) in [4.78, 5) is 2.22. The van der Waals surface area contributed by atoms with Crippen molar-refractivity contribution in [1.82, 2.24) is 4.90 Å². The van der Waals surface area contributed by atoms with Crippen molar-refractivity contribution in [2.75, 3.05) is 19.6 Å². The molecule has 1 heterocycles. The van der Waals surface area contributed by atoms with E-state index in [1.807, 2.05) is 6.92 Å². The molecule has 1 aliphatic heterocycles. The zero-order valence-corrected chi connectivity index (χ0v) is 11.3. The molecule has 2 rings (SSSR count). The van der Waals surface area contributed by atoms with Crippen molar-refractivity contribution in [1.29, 1.82) is 0 Å². The van der Waals surface area contributed by atoms with Gasteiger partial charge in [0.2, 0.25) is 0 Å². The Morgan fingerprint density at radius 3 is 2.84 bits per heavy atom. The number of hydrogen-bond acceptors (Lipinski definition) is 3. The molecular formula is C15H22FNO2. The lowest BCUT2D eigenvalue weighted by Gasteiger charge is -2.34. The smallest absolute Gasteiger partial charge is 0.128 e. The van der Waals surface area contributed by atoms with Gasteiger partial charge in [0.25, 0.3) is 0 Å². The highest BCUT2D eigenvalue weighted by molar-refractivity contribution is 5.19. The number of benzene rings is 1. The van der Waals surface area contributed by atoms with Gasteiger partial charge >= 0.3 is 0 Å². The number of likely N-dealkylation sites (tertiary alicyclic amines) is 1. The molecule has 4 heteroatoms. The number of nitrogens with zero attached hydrogens (tertiary/aromatic N) is 1. The van der Waals surface area contributed by atoms with Crippen LogP contribution in [0.3, 0.4) is 0 Å². The van der Waals surface area contributed by atoms with Crippen LogP contribution in [0.4, 0.5) is 4.39 Å². The van der Waals surface area contributed by atoms with Crippen molar-refractivity contribution in [2.45, 2.75) is 32.0 Å². The maximum Gasteiger partial charge on any atom is 0.128 e. The third kappa shape index (κ3) is 3.75. The molecule has 3 atom stereocenters. The Hall–Kier alpha value is -0.970. The van der Waals surface area contributed by atoms with Crippen molar-refractivity contribution in [3.63, 3.8) is 0 Å². The van der Waals surface area contributed by atoms with Gasteiger partial charge in [0.15, 0.2) is 0 Å². The molecule has 1 aliphatic rings. The quantitative estimate of drug-likeness (QED) is 0.876. The van der Waals surface area contributed by atoms with Gasteiger partial charge < -0.3 is 15.1 Å². The van der Waals surface area contributed by atoms with Crippen LogP contribution in [0, 0.1) is 11.7 Å². The standard InChI is InChI=1S/C15H22FNO2/c1-11-10-17(8-6-14(11)18)9-7-15(19)12-4-2-3-5-13(12)16/h2-5,11,14-15,18-19H,6-10H2,1H3. The van der Waals surface area contributed by atoms with E-state index in [1.165, 1.54) is 6.07 Å². The molecule has 19 heavy (non-hydrogen) atoms. The molecule has 0 aromatic heterocycles. The van der Waals surface area contributed by atoms with Gasteiger partial charge in [0.05, 0.1) is 12.2 Å². The fraction of sp³-hybridized carbons (Fsp3) is 0.600. The minimum absolute atomic E-state index is 0.215. The summed E-state index contributed by atoms with van der Waals surface area (Å²) in [6.45, 7) is 4.44. The molecular weight excluding hydrogens is 245 g/mol. The normalized spacial score (nSPS) is 26.3. The van der Waals surface area contributed by atoms with E-state index in [2.05, 4.69) is 4.90 Å². The van der Waals surface area contributed by atoms with Crippen LogP contribution < -0.4 is 0 Å². The van der Waals surface area contributed by atoms with Crippen molar-refractivity contribution in [2.24, 2.45) is 5.92 Å². The summed E-state index contributed by atoms with van der Waals surface area (Å²) in [6, 6.07) is 6.36. The Balaban J connectivity index is 1.84. The van der Waals surface area contributed by atoms with E-state index in [1.54, 1.807) is 18.2 Å². The number of aliphatic hydroxyl groups is 2. The monoisotopic (exact) mass is 267 g/mol. The van der Waals surface area contributed by atoms with Crippen LogP contribution in [-0.2, 0) is 0 Å². The molecule has 0 aliphatic carbocycles. The molecule has 1 saturated heterocycles. The van der Waals surface area contributed by atoms with Crippen molar-refractivity contribution in [3.05, 3.63) is 35.6 Å². The maximum atomic E-state index is 13.5. The second-order valence-corrected chi connectivity index (χ2v) is 5.46. The summed E-state index contributed by atoms with van der Waals surface area (Å²) in [5, 5.41) is 19.7. The minimum Gasteiger partial charge on any atom is -0.393 e. The van der Waals surface area contributed by atoms with Gasteiger partial charge in [-0.2, -0.15) is 0 Å². The second kappa shape index (κ2) is 6.46. The predicted molar refractivity (Wildman–Crippen MR) is 72.2 cm³/mol.